The lowest BCUT2D eigenvalue weighted by atomic mass is 10.1. The highest BCUT2D eigenvalue weighted by atomic mass is 35.5. The molecule has 0 saturated carbocycles. The first-order chi connectivity index (χ1) is 9.65. The first kappa shape index (κ1) is 15.3. The average Bonchev–Trinajstić information content (AvgIpc) is 2.44. The molecule has 1 aliphatic rings. The van der Waals surface area contributed by atoms with Crippen LogP contribution in [0.5, 0.6) is 0 Å². The summed E-state index contributed by atoms with van der Waals surface area (Å²) in [5.74, 6) is 1.89. The maximum Gasteiger partial charge on any atom is 0.231 e. The van der Waals surface area contributed by atoms with Gasteiger partial charge in [0.15, 0.2) is 0 Å². The highest BCUT2D eigenvalue weighted by Crippen LogP contribution is 2.15. The predicted octanol–water partition coefficient (Wildman–Crippen LogP) is 2.21. The van der Waals surface area contributed by atoms with Crippen LogP contribution in [0.15, 0.2) is 0 Å². The number of nitrogens with one attached hydrogen (secondary N) is 1. The van der Waals surface area contributed by atoms with Crippen molar-refractivity contribution in [2.75, 3.05) is 43.1 Å². The smallest absolute Gasteiger partial charge is 0.231 e. The zero-order valence-electron chi connectivity index (χ0n) is 12.1. The summed E-state index contributed by atoms with van der Waals surface area (Å²) in [4.78, 5) is 14.8. The summed E-state index contributed by atoms with van der Waals surface area (Å²) in [6, 6.07) is 0. The monoisotopic (exact) mass is 299 g/mol. The predicted molar refractivity (Wildman–Crippen MR) is 80.4 cm³/mol. The summed E-state index contributed by atoms with van der Waals surface area (Å²) >= 11 is 5.97. The van der Waals surface area contributed by atoms with Gasteiger partial charge in [-0.05, 0) is 30.4 Å². The third-order valence-corrected chi connectivity index (χ3v) is 3.30. The van der Waals surface area contributed by atoms with Gasteiger partial charge in [-0.15, -0.1) is 0 Å². The molecule has 0 aromatic carbocycles. The number of ether oxygens (including phenoxy) is 1. The van der Waals surface area contributed by atoms with Crippen LogP contribution < -0.4 is 10.2 Å². The van der Waals surface area contributed by atoms with E-state index in [0.717, 1.165) is 26.1 Å². The molecule has 20 heavy (non-hydrogen) atoms. The number of aromatic nitrogens is 3. The van der Waals surface area contributed by atoms with Crippen molar-refractivity contribution in [3.63, 3.8) is 0 Å². The number of nitrogens with zero attached hydrogens (tertiary/aromatic N) is 4. The fraction of sp³-hybridized carbons (Fsp3) is 0.769. The van der Waals surface area contributed by atoms with Crippen LogP contribution in [-0.4, -0.2) is 47.8 Å². The third kappa shape index (κ3) is 4.76. The van der Waals surface area contributed by atoms with E-state index in [9.17, 15) is 0 Å². The first-order valence-corrected chi connectivity index (χ1v) is 7.51. The van der Waals surface area contributed by atoms with Crippen molar-refractivity contribution in [2.24, 2.45) is 5.92 Å². The molecule has 1 aromatic rings. The van der Waals surface area contributed by atoms with E-state index in [1.54, 1.807) is 0 Å². The molecule has 0 aliphatic carbocycles. The highest BCUT2D eigenvalue weighted by Gasteiger charge is 2.15. The quantitative estimate of drug-likeness (QED) is 0.813. The van der Waals surface area contributed by atoms with Gasteiger partial charge in [-0.3, -0.25) is 0 Å². The molecular weight excluding hydrogens is 278 g/mol. The topological polar surface area (TPSA) is 63.2 Å². The van der Waals surface area contributed by atoms with Crippen molar-refractivity contribution in [1.29, 1.82) is 0 Å². The third-order valence-electron chi connectivity index (χ3n) is 3.13. The minimum Gasteiger partial charge on any atom is -0.378 e. The van der Waals surface area contributed by atoms with E-state index in [0.29, 0.717) is 31.0 Å². The molecule has 6 nitrogen and oxygen atoms in total. The Hall–Kier alpha value is -1.14. The molecule has 2 rings (SSSR count). The molecule has 0 atom stereocenters. The van der Waals surface area contributed by atoms with Crippen LogP contribution >= 0.6 is 11.6 Å². The van der Waals surface area contributed by atoms with E-state index in [1.807, 2.05) is 0 Å². The van der Waals surface area contributed by atoms with Crippen LogP contribution in [0, 0.1) is 5.92 Å². The van der Waals surface area contributed by atoms with Crippen molar-refractivity contribution in [3.05, 3.63) is 5.28 Å². The van der Waals surface area contributed by atoms with Gasteiger partial charge in [0, 0.05) is 19.6 Å². The van der Waals surface area contributed by atoms with Gasteiger partial charge in [0.1, 0.15) is 0 Å². The minimum atomic E-state index is 0.229. The van der Waals surface area contributed by atoms with E-state index in [1.165, 1.54) is 6.42 Å². The highest BCUT2D eigenvalue weighted by molar-refractivity contribution is 6.28. The Bertz CT molecular complexity index is 423. The summed E-state index contributed by atoms with van der Waals surface area (Å²) in [5.41, 5.74) is 0. The van der Waals surface area contributed by atoms with Gasteiger partial charge in [-0.25, -0.2) is 0 Å². The van der Waals surface area contributed by atoms with Gasteiger partial charge in [0.25, 0.3) is 0 Å². The molecule has 7 heteroatoms. The van der Waals surface area contributed by atoms with Crippen molar-refractivity contribution < 1.29 is 4.74 Å². The Morgan fingerprint density at radius 3 is 2.70 bits per heavy atom. The Morgan fingerprint density at radius 2 is 2.00 bits per heavy atom. The fourth-order valence-electron chi connectivity index (χ4n) is 2.03. The number of hydrogen-bond acceptors (Lipinski definition) is 6. The summed E-state index contributed by atoms with van der Waals surface area (Å²) in [6.07, 6.45) is 2.27. The molecule has 112 valence electrons. The summed E-state index contributed by atoms with van der Waals surface area (Å²) in [7, 11) is 0. The molecule has 0 spiro atoms. The van der Waals surface area contributed by atoms with Crippen LogP contribution in [0.2, 0.25) is 5.28 Å². The van der Waals surface area contributed by atoms with E-state index >= 15 is 0 Å². The van der Waals surface area contributed by atoms with Gasteiger partial charge in [0.2, 0.25) is 17.2 Å². The molecule has 0 radical (unpaired) electrons. The number of rotatable bonds is 6. The van der Waals surface area contributed by atoms with Crippen LogP contribution in [0.3, 0.4) is 0 Å². The maximum atomic E-state index is 5.97. The van der Waals surface area contributed by atoms with Crippen LogP contribution in [0.25, 0.3) is 0 Å². The van der Waals surface area contributed by atoms with Gasteiger partial charge >= 0.3 is 0 Å². The standard InChI is InChI=1S/C13H22ClN5O/c1-10(2)4-3-5-15-12-16-11(14)17-13(18-12)19-6-8-20-9-7-19/h10H,3-9H2,1-2H3,(H,15,16,17,18). The second-order valence-electron chi connectivity index (χ2n) is 5.29. The molecule has 1 fully saturated rings. The lowest BCUT2D eigenvalue weighted by molar-refractivity contribution is 0.122. The number of halogens is 1. The molecular formula is C13H22ClN5O. The van der Waals surface area contributed by atoms with Crippen molar-refractivity contribution in [2.45, 2.75) is 26.7 Å². The first-order valence-electron chi connectivity index (χ1n) is 7.13. The molecule has 1 saturated heterocycles. The summed E-state index contributed by atoms with van der Waals surface area (Å²) in [5, 5.41) is 3.45. The van der Waals surface area contributed by atoms with Gasteiger partial charge in [-0.1, -0.05) is 13.8 Å². The van der Waals surface area contributed by atoms with Gasteiger partial charge < -0.3 is 15.0 Å². The molecule has 0 unspecified atom stereocenters. The summed E-state index contributed by atoms with van der Waals surface area (Å²) in [6.45, 7) is 8.24. The number of morpholine rings is 1. The minimum absolute atomic E-state index is 0.229. The second-order valence-corrected chi connectivity index (χ2v) is 5.63. The zero-order valence-corrected chi connectivity index (χ0v) is 12.9. The van der Waals surface area contributed by atoms with E-state index in [2.05, 4.69) is 39.0 Å². The van der Waals surface area contributed by atoms with Crippen LogP contribution in [0.4, 0.5) is 11.9 Å². The fourth-order valence-corrected chi connectivity index (χ4v) is 2.19. The number of anilines is 2. The Balaban J connectivity index is 1.93. The lowest BCUT2D eigenvalue weighted by Crippen LogP contribution is -2.37. The van der Waals surface area contributed by atoms with Crippen LogP contribution in [0.1, 0.15) is 26.7 Å². The van der Waals surface area contributed by atoms with Crippen LogP contribution in [-0.2, 0) is 4.74 Å². The Labute approximate surface area is 124 Å². The summed E-state index contributed by atoms with van der Waals surface area (Å²) < 4.78 is 5.32. The van der Waals surface area contributed by atoms with Crippen molar-refractivity contribution in [1.82, 2.24) is 15.0 Å². The molecule has 0 amide bonds. The molecule has 1 aromatic heterocycles. The Kier molecular flexibility index (Phi) is 5.79. The Morgan fingerprint density at radius 1 is 1.25 bits per heavy atom. The maximum absolute atomic E-state index is 5.97. The molecule has 1 aliphatic heterocycles. The van der Waals surface area contributed by atoms with E-state index in [-0.39, 0.29) is 5.28 Å². The lowest BCUT2D eigenvalue weighted by Gasteiger charge is -2.26. The molecule has 1 N–H and O–H groups in total. The van der Waals surface area contributed by atoms with Gasteiger partial charge in [-0.2, -0.15) is 15.0 Å². The molecule has 0 bridgehead atoms. The van der Waals surface area contributed by atoms with Gasteiger partial charge in [0.05, 0.1) is 13.2 Å². The van der Waals surface area contributed by atoms with Crippen molar-refractivity contribution in [3.8, 4) is 0 Å². The van der Waals surface area contributed by atoms with Crippen molar-refractivity contribution >= 4 is 23.5 Å². The van der Waals surface area contributed by atoms with E-state index < -0.39 is 0 Å². The average molecular weight is 300 g/mol. The number of hydrogen-bond donors (Lipinski definition) is 1. The zero-order chi connectivity index (χ0) is 14.4. The molecule has 2 heterocycles. The largest absolute Gasteiger partial charge is 0.378 e. The second kappa shape index (κ2) is 7.59. The van der Waals surface area contributed by atoms with E-state index in [4.69, 9.17) is 16.3 Å². The SMILES string of the molecule is CC(C)CCCNc1nc(Cl)nc(N2CCOCC2)n1. The normalized spacial score (nSPS) is 15.7.